The molecule has 0 bridgehead atoms. The molecule has 8 nitrogen and oxygen atoms in total. The number of nitrogens with one attached hydrogen (secondary N) is 1. The predicted molar refractivity (Wildman–Crippen MR) is 123 cm³/mol. The van der Waals surface area contributed by atoms with Crippen LogP contribution in [0.4, 0.5) is 5.69 Å². The summed E-state index contributed by atoms with van der Waals surface area (Å²) in [4.78, 5) is 40.2. The molecule has 9 heteroatoms. The van der Waals surface area contributed by atoms with Gasteiger partial charge in [-0.15, -0.1) is 0 Å². The fourth-order valence-corrected chi connectivity index (χ4v) is 5.95. The van der Waals surface area contributed by atoms with Gasteiger partial charge in [0.15, 0.2) is 0 Å². The molecule has 0 aliphatic carbocycles. The van der Waals surface area contributed by atoms with E-state index in [1.165, 1.54) is 16.4 Å². The van der Waals surface area contributed by atoms with E-state index in [1.807, 2.05) is 0 Å². The third-order valence-electron chi connectivity index (χ3n) is 6.06. The van der Waals surface area contributed by atoms with Crippen LogP contribution in [0.1, 0.15) is 53.8 Å². The molecule has 0 aromatic heterocycles. The number of anilines is 1. The van der Waals surface area contributed by atoms with Gasteiger partial charge in [-0.05, 0) is 49.1 Å². The van der Waals surface area contributed by atoms with Gasteiger partial charge in [0, 0.05) is 18.8 Å². The SMILES string of the molecule is CC(C)[C@@H](C(=O)Nc1cccc(S(=O)(=O)N2CCCCC2)c1)N1C(=O)c2ccccc2C1=O. The summed E-state index contributed by atoms with van der Waals surface area (Å²) < 4.78 is 27.5. The normalized spacial score (nSPS) is 17.8. The fraction of sp³-hybridized carbons (Fsp3) is 0.375. The fourth-order valence-electron chi connectivity index (χ4n) is 4.38. The molecule has 2 heterocycles. The van der Waals surface area contributed by atoms with Crippen LogP contribution < -0.4 is 5.32 Å². The van der Waals surface area contributed by atoms with Crippen molar-refractivity contribution in [1.29, 1.82) is 0 Å². The molecule has 0 radical (unpaired) electrons. The van der Waals surface area contributed by atoms with Crippen molar-refractivity contribution < 1.29 is 22.8 Å². The lowest BCUT2D eigenvalue weighted by molar-refractivity contribution is -0.121. The molecule has 1 fully saturated rings. The van der Waals surface area contributed by atoms with Gasteiger partial charge >= 0.3 is 0 Å². The van der Waals surface area contributed by atoms with E-state index in [4.69, 9.17) is 0 Å². The Hall–Kier alpha value is -3.04. The van der Waals surface area contributed by atoms with E-state index in [0.29, 0.717) is 18.8 Å². The van der Waals surface area contributed by atoms with Crippen LogP contribution in [0.3, 0.4) is 0 Å². The van der Waals surface area contributed by atoms with Gasteiger partial charge in [-0.25, -0.2) is 8.42 Å². The van der Waals surface area contributed by atoms with Gasteiger partial charge in [0.2, 0.25) is 15.9 Å². The highest BCUT2D eigenvalue weighted by atomic mass is 32.2. The summed E-state index contributed by atoms with van der Waals surface area (Å²) in [5.74, 6) is -1.92. The van der Waals surface area contributed by atoms with Gasteiger partial charge in [-0.1, -0.05) is 38.5 Å². The van der Waals surface area contributed by atoms with Crippen LogP contribution in [-0.2, 0) is 14.8 Å². The molecule has 1 N–H and O–H groups in total. The number of sulfonamides is 1. The molecule has 33 heavy (non-hydrogen) atoms. The molecular formula is C24H27N3O5S. The molecule has 0 saturated carbocycles. The lowest BCUT2D eigenvalue weighted by atomic mass is 10.0. The number of imide groups is 1. The molecule has 1 saturated heterocycles. The maximum absolute atomic E-state index is 13.2. The van der Waals surface area contributed by atoms with Crippen molar-refractivity contribution in [3.8, 4) is 0 Å². The summed E-state index contributed by atoms with van der Waals surface area (Å²) in [5.41, 5.74) is 0.839. The largest absolute Gasteiger partial charge is 0.324 e. The number of nitrogens with zero attached hydrogens (tertiary/aromatic N) is 2. The average Bonchev–Trinajstić information content (AvgIpc) is 3.05. The maximum atomic E-state index is 13.2. The number of hydrogen-bond donors (Lipinski definition) is 1. The lowest BCUT2D eigenvalue weighted by Gasteiger charge is -2.28. The second-order valence-electron chi connectivity index (χ2n) is 8.70. The molecule has 2 aliphatic rings. The highest BCUT2D eigenvalue weighted by Crippen LogP contribution is 2.28. The zero-order chi connectivity index (χ0) is 23.8. The summed E-state index contributed by atoms with van der Waals surface area (Å²) in [5, 5.41) is 2.72. The van der Waals surface area contributed by atoms with Crippen molar-refractivity contribution in [1.82, 2.24) is 9.21 Å². The molecule has 4 rings (SSSR count). The Balaban J connectivity index is 1.58. The smallest absolute Gasteiger partial charge is 0.262 e. The van der Waals surface area contributed by atoms with Crippen molar-refractivity contribution in [2.24, 2.45) is 5.92 Å². The standard InChI is InChI=1S/C24H27N3O5S/c1-16(2)21(27-23(29)19-11-4-5-12-20(19)24(27)30)22(28)25-17-9-8-10-18(15-17)33(31,32)26-13-6-3-7-14-26/h4-5,8-12,15-16,21H,3,6-7,13-14H2,1-2H3,(H,25,28)/t21-/m0/s1. The average molecular weight is 470 g/mol. The quantitative estimate of drug-likeness (QED) is 0.655. The van der Waals surface area contributed by atoms with E-state index in [1.54, 1.807) is 50.2 Å². The lowest BCUT2D eigenvalue weighted by Crippen LogP contribution is -2.50. The van der Waals surface area contributed by atoms with Crippen molar-refractivity contribution in [3.05, 3.63) is 59.7 Å². The number of rotatable bonds is 6. The molecule has 2 aliphatic heterocycles. The van der Waals surface area contributed by atoms with Gasteiger partial charge in [0.1, 0.15) is 6.04 Å². The Bertz CT molecular complexity index is 1170. The molecule has 0 unspecified atom stereocenters. The minimum Gasteiger partial charge on any atom is -0.324 e. The Kier molecular flexibility index (Phi) is 6.36. The second-order valence-corrected chi connectivity index (χ2v) is 10.6. The van der Waals surface area contributed by atoms with Crippen LogP contribution in [0.5, 0.6) is 0 Å². The van der Waals surface area contributed by atoms with Gasteiger partial charge in [0.05, 0.1) is 16.0 Å². The van der Waals surface area contributed by atoms with Gasteiger partial charge in [0.25, 0.3) is 11.8 Å². The zero-order valence-corrected chi connectivity index (χ0v) is 19.5. The van der Waals surface area contributed by atoms with Gasteiger partial charge in [-0.2, -0.15) is 4.31 Å². The van der Waals surface area contributed by atoms with Gasteiger partial charge in [-0.3, -0.25) is 19.3 Å². The summed E-state index contributed by atoms with van der Waals surface area (Å²) in [7, 11) is -3.66. The first-order valence-corrected chi connectivity index (χ1v) is 12.5. The molecule has 2 aromatic carbocycles. The highest BCUT2D eigenvalue weighted by Gasteiger charge is 2.44. The molecule has 2 aromatic rings. The van der Waals surface area contributed by atoms with Crippen molar-refractivity contribution in [2.75, 3.05) is 18.4 Å². The Morgan fingerprint density at radius 2 is 1.52 bits per heavy atom. The summed E-state index contributed by atoms with van der Waals surface area (Å²) in [6, 6.07) is 11.5. The van der Waals surface area contributed by atoms with Crippen LogP contribution in [0, 0.1) is 5.92 Å². The summed E-state index contributed by atoms with van der Waals surface area (Å²) in [6.45, 7) is 4.47. The maximum Gasteiger partial charge on any atom is 0.262 e. The molecule has 174 valence electrons. The van der Waals surface area contributed by atoms with Crippen LogP contribution in [0.2, 0.25) is 0 Å². The first kappa shape index (κ1) is 23.1. The predicted octanol–water partition coefficient (Wildman–Crippen LogP) is 3.12. The molecule has 0 spiro atoms. The number of carbonyl (C=O) groups excluding carboxylic acids is 3. The number of carbonyl (C=O) groups is 3. The van der Waals surface area contributed by atoms with Crippen molar-refractivity contribution in [3.63, 3.8) is 0 Å². The Morgan fingerprint density at radius 1 is 0.909 bits per heavy atom. The van der Waals surface area contributed by atoms with E-state index < -0.39 is 33.8 Å². The van der Waals surface area contributed by atoms with Crippen molar-refractivity contribution >= 4 is 33.4 Å². The number of fused-ring (bicyclic) bond motifs is 1. The molecular weight excluding hydrogens is 442 g/mol. The van der Waals surface area contributed by atoms with E-state index in [0.717, 1.165) is 24.2 Å². The first-order chi connectivity index (χ1) is 15.7. The number of hydrogen-bond acceptors (Lipinski definition) is 5. The number of piperidine rings is 1. The van der Waals surface area contributed by atoms with E-state index >= 15 is 0 Å². The monoisotopic (exact) mass is 469 g/mol. The third kappa shape index (κ3) is 4.30. The highest BCUT2D eigenvalue weighted by molar-refractivity contribution is 7.89. The van der Waals surface area contributed by atoms with Gasteiger partial charge < -0.3 is 5.32 Å². The first-order valence-electron chi connectivity index (χ1n) is 11.1. The third-order valence-corrected chi connectivity index (χ3v) is 7.95. The number of benzene rings is 2. The van der Waals surface area contributed by atoms with E-state index in [2.05, 4.69) is 5.32 Å². The second kappa shape index (κ2) is 9.07. The molecule has 3 amide bonds. The van der Waals surface area contributed by atoms with Crippen LogP contribution >= 0.6 is 0 Å². The van der Waals surface area contributed by atoms with Crippen LogP contribution in [0.15, 0.2) is 53.4 Å². The minimum absolute atomic E-state index is 0.101. The van der Waals surface area contributed by atoms with Crippen molar-refractivity contribution in [2.45, 2.75) is 44.0 Å². The number of amides is 3. The Morgan fingerprint density at radius 3 is 2.09 bits per heavy atom. The topological polar surface area (TPSA) is 104 Å². The summed E-state index contributed by atoms with van der Waals surface area (Å²) in [6.07, 6.45) is 2.66. The minimum atomic E-state index is -3.66. The van der Waals surface area contributed by atoms with E-state index in [9.17, 15) is 22.8 Å². The zero-order valence-electron chi connectivity index (χ0n) is 18.7. The van der Waals surface area contributed by atoms with E-state index in [-0.39, 0.29) is 21.9 Å². The van der Waals surface area contributed by atoms with Crippen LogP contribution in [-0.4, -0.2) is 54.5 Å². The Labute approximate surface area is 193 Å². The van der Waals surface area contributed by atoms with Crippen LogP contribution in [0.25, 0.3) is 0 Å². The summed E-state index contributed by atoms with van der Waals surface area (Å²) >= 11 is 0. The molecule has 1 atom stereocenters.